The summed E-state index contributed by atoms with van der Waals surface area (Å²) in [5.74, 6) is 6.72. The lowest BCUT2D eigenvalue weighted by molar-refractivity contribution is 0.289. The third kappa shape index (κ3) is 4.71. The summed E-state index contributed by atoms with van der Waals surface area (Å²) in [6.45, 7) is 0.0580. The summed E-state index contributed by atoms with van der Waals surface area (Å²) in [5, 5.41) is 0. The van der Waals surface area contributed by atoms with Crippen molar-refractivity contribution < 1.29 is 9.13 Å². The number of hydrogen-bond donors (Lipinski definition) is 0. The second kappa shape index (κ2) is 7.14. The van der Waals surface area contributed by atoms with Crippen LogP contribution in [0, 0.1) is 11.8 Å². The molecule has 0 spiro atoms. The second-order valence-corrected chi connectivity index (χ2v) is 3.12. The molecule has 0 N–H and O–H groups in total. The van der Waals surface area contributed by atoms with Gasteiger partial charge in [0.2, 0.25) is 0 Å². The van der Waals surface area contributed by atoms with Crippen molar-refractivity contribution in [1.82, 2.24) is 0 Å². The number of halogens is 2. The van der Waals surface area contributed by atoms with Crippen LogP contribution in [0.15, 0.2) is 24.3 Å². The Morgan fingerprint density at radius 1 is 1.27 bits per heavy atom. The van der Waals surface area contributed by atoms with Gasteiger partial charge in [0, 0.05) is 12.0 Å². The molecule has 1 aromatic carbocycles. The van der Waals surface area contributed by atoms with Crippen LogP contribution in [-0.4, -0.2) is 19.2 Å². The minimum atomic E-state index is -0.348. The van der Waals surface area contributed by atoms with Gasteiger partial charge >= 0.3 is 0 Å². The molecule has 0 heterocycles. The van der Waals surface area contributed by atoms with E-state index >= 15 is 0 Å². The third-order valence-electron chi connectivity index (χ3n) is 1.70. The Bertz CT molecular complexity index is 337. The van der Waals surface area contributed by atoms with E-state index in [2.05, 4.69) is 11.8 Å². The summed E-state index contributed by atoms with van der Waals surface area (Å²) in [4.78, 5) is 0. The lowest BCUT2D eigenvalue weighted by Crippen LogP contribution is -1.97. The molecule has 0 aliphatic carbocycles. The Balaban J connectivity index is 2.49. The Kier molecular flexibility index (Phi) is 5.65. The van der Waals surface area contributed by atoms with Crippen LogP contribution in [0.2, 0.25) is 0 Å². The third-order valence-corrected chi connectivity index (χ3v) is 1.83. The number of hydrogen-bond acceptors (Lipinski definition) is 1. The van der Waals surface area contributed by atoms with Crippen LogP contribution in [0.25, 0.3) is 0 Å². The highest BCUT2D eigenvalue weighted by molar-refractivity contribution is 6.19. The summed E-state index contributed by atoms with van der Waals surface area (Å²) in [6, 6.07) is 7.33. The van der Waals surface area contributed by atoms with E-state index in [0.29, 0.717) is 18.9 Å². The van der Waals surface area contributed by atoms with Crippen LogP contribution in [0.3, 0.4) is 0 Å². The molecule has 0 aromatic heterocycles. The SMILES string of the molecule is FCCCOc1ccc(C#CCCl)cc1. The van der Waals surface area contributed by atoms with Crippen molar-refractivity contribution in [2.24, 2.45) is 0 Å². The highest BCUT2D eigenvalue weighted by Crippen LogP contribution is 2.11. The Morgan fingerprint density at radius 3 is 2.60 bits per heavy atom. The first-order valence-electron chi connectivity index (χ1n) is 4.70. The lowest BCUT2D eigenvalue weighted by atomic mass is 10.2. The molecule has 0 fully saturated rings. The molecule has 15 heavy (non-hydrogen) atoms. The molecule has 1 nitrogen and oxygen atoms in total. The molecule has 0 aliphatic rings. The van der Waals surface area contributed by atoms with Crippen LogP contribution in [0.1, 0.15) is 12.0 Å². The minimum absolute atomic E-state index is 0.328. The van der Waals surface area contributed by atoms with E-state index < -0.39 is 0 Å². The Labute approximate surface area is 94.2 Å². The Morgan fingerprint density at radius 2 is 2.00 bits per heavy atom. The number of ether oxygens (including phenoxy) is 1. The van der Waals surface area contributed by atoms with Gasteiger partial charge < -0.3 is 4.74 Å². The molecule has 1 rings (SSSR count). The molecule has 0 atom stereocenters. The zero-order chi connectivity index (χ0) is 10.9. The quantitative estimate of drug-likeness (QED) is 0.436. The van der Waals surface area contributed by atoms with Gasteiger partial charge in [0.25, 0.3) is 0 Å². The molecule has 0 saturated carbocycles. The summed E-state index contributed by atoms with van der Waals surface area (Å²) < 4.78 is 17.1. The molecule has 0 aliphatic heterocycles. The number of benzene rings is 1. The van der Waals surface area contributed by atoms with Gasteiger partial charge in [-0.15, -0.1) is 11.6 Å². The lowest BCUT2D eigenvalue weighted by Gasteiger charge is -2.03. The van der Waals surface area contributed by atoms with Crippen molar-refractivity contribution in [2.45, 2.75) is 6.42 Å². The number of rotatable bonds is 4. The molecule has 0 unspecified atom stereocenters. The zero-order valence-electron chi connectivity index (χ0n) is 8.30. The molecule has 0 radical (unpaired) electrons. The second-order valence-electron chi connectivity index (χ2n) is 2.85. The predicted molar refractivity (Wildman–Crippen MR) is 60.1 cm³/mol. The van der Waals surface area contributed by atoms with E-state index in [1.807, 2.05) is 24.3 Å². The molecular formula is C12H12ClFO. The highest BCUT2D eigenvalue weighted by Gasteiger charge is 1.93. The van der Waals surface area contributed by atoms with Crippen LogP contribution in [0.5, 0.6) is 5.75 Å². The van der Waals surface area contributed by atoms with Crippen LogP contribution in [-0.2, 0) is 0 Å². The monoisotopic (exact) mass is 226 g/mol. The van der Waals surface area contributed by atoms with Crippen molar-refractivity contribution in [1.29, 1.82) is 0 Å². The Hall–Kier alpha value is -1.20. The maximum Gasteiger partial charge on any atom is 0.119 e. The van der Waals surface area contributed by atoms with Gasteiger partial charge in [-0.2, -0.15) is 0 Å². The van der Waals surface area contributed by atoms with Crippen molar-refractivity contribution in [3.8, 4) is 17.6 Å². The van der Waals surface area contributed by atoms with Crippen molar-refractivity contribution in [2.75, 3.05) is 19.2 Å². The fourth-order valence-corrected chi connectivity index (χ4v) is 1.08. The molecule has 0 saturated heterocycles. The van der Waals surface area contributed by atoms with Gasteiger partial charge in [0.05, 0.1) is 19.2 Å². The van der Waals surface area contributed by atoms with E-state index in [-0.39, 0.29) is 6.67 Å². The molecular weight excluding hydrogens is 215 g/mol. The maximum absolute atomic E-state index is 11.8. The standard InChI is InChI=1S/C12H12ClFO/c13-8-1-3-11-4-6-12(7-5-11)15-10-2-9-14/h4-7H,2,8-10H2. The first-order valence-corrected chi connectivity index (χ1v) is 5.24. The molecule has 0 bridgehead atoms. The van der Waals surface area contributed by atoms with Crippen molar-refractivity contribution in [3.63, 3.8) is 0 Å². The van der Waals surface area contributed by atoms with Gasteiger partial charge in [0.1, 0.15) is 5.75 Å². The first-order chi connectivity index (χ1) is 7.36. The van der Waals surface area contributed by atoms with Gasteiger partial charge in [-0.1, -0.05) is 11.8 Å². The van der Waals surface area contributed by atoms with Crippen molar-refractivity contribution >= 4 is 11.6 Å². The van der Waals surface area contributed by atoms with E-state index in [1.54, 1.807) is 0 Å². The van der Waals surface area contributed by atoms with Gasteiger partial charge in [-0.25, -0.2) is 0 Å². The molecule has 1 aromatic rings. The van der Waals surface area contributed by atoms with Crippen LogP contribution in [0.4, 0.5) is 4.39 Å². The largest absolute Gasteiger partial charge is 0.493 e. The van der Waals surface area contributed by atoms with E-state index in [1.165, 1.54) is 0 Å². The fourth-order valence-electron chi connectivity index (χ4n) is 1.01. The smallest absolute Gasteiger partial charge is 0.119 e. The van der Waals surface area contributed by atoms with E-state index in [9.17, 15) is 4.39 Å². The average molecular weight is 227 g/mol. The molecule has 0 amide bonds. The van der Waals surface area contributed by atoms with Crippen LogP contribution >= 0.6 is 11.6 Å². The fraction of sp³-hybridized carbons (Fsp3) is 0.333. The minimum Gasteiger partial charge on any atom is -0.493 e. The predicted octanol–water partition coefficient (Wildman–Crippen LogP) is 3.02. The zero-order valence-corrected chi connectivity index (χ0v) is 9.06. The maximum atomic E-state index is 11.8. The van der Waals surface area contributed by atoms with Crippen LogP contribution < -0.4 is 4.74 Å². The highest BCUT2D eigenvalue weighted by atomic mass is 35.5. The average Bonchev–Trinajstić information content (AvgIpc) is 2.28. The van der Waals surface area contributed by atoms with E-state index in [4.69, 9.17) is 16.3 Å². The summed E-state index contributed by atoms with van der Waals surface area (Å²) in [5.41, 5.74) is 0.897. The van der Waals surface area contributed by atoms with Gasteiger partial charge in [-0.05, 0) is 24.3 Å². The summed E-state index contributed by atoms with van der Waals surface area (Å²) in [6.07, 6.45) is 0.424. The first kappa shape index (κ1) is 11.9. The summed E-state index contributed by atoms with van der Waals surface area (Å²) in [7, 11) is 0. The molecule has 80 valence electrons. The topological polar surface area (TPSA) is 9.23 Å². The van der Waals surface area contributed by atoms with Gasteiger partial charge in [0.15, 0.2) is 0 Å². The van der Waals surface area contributed by atoms with Crippen molar-refractivity contribution in [3.05, 3.63) is 29.8 Å². The summed E-state index contributed by atoms with van der Waals surface area (Å²) >= 11 is 5.43. The molecule has 3 heteroatoms. The normalized spacial score (nSPS) is 9.20. The number of alkyl halides is 2. The van der Waals surface area contributed by atoms with E-state index in [0.717, 1.165) is 11.3 Å². The van der Waals surface area contributed by atoms with Gasteiger partial charge in [-0.3, -0.25) is 4.39 Å².